The molecule has 0 unspecified atom stereocenters. The maximum Gasteiger partial charge on any atom is 0.271 e. The van der Waals surface area contributed by atoms with Crippen LogP contribution in [0, 0.1) is 0 Å². The minimum atomic E-state index is -0.847. The number of fused-ring (bicyclic) bond motifs is 2. The second-order valence-electron chi connectivity index (χ2n) is 9.01. The number of nitrogens with one attached hydrogen (secondary N) is 1. The number of likely N-dealkylation sites (N-methyl/N-ethyl adjacent to an activating group) is 1. The van der Waals surface area contributed by atoms with Crippen LogP contribution in [0.3, 0.4) is 0 Å². The number of carbonyl (C=O) groups is 2. The normalized spacial score (nSPS) is 17.3. The third kappa shape index (κ3) is 4.39. The molecule has 0 spiro atoms. The second-order valence-corrected chi connectivity index (χ2v) is 10.9. The molecule has 1 N–H and O–H groups in total. The smallest absolute Gasteiger partial charge is 0.271 e. The molecule has 0 bridgehead atoms. The molecule has 2 amide bonds. The van der Waals surface area contributed by atoms with Gasteiger partial charge in [-0.25, -0.2) is 4.99 Å². The van der Waals surface area contributed by atoms with Gasteiger partial charge >= 0.3 is 0 Å². The largest absolute Gasteiger partial charge is 0.497 e. The number of thiazole rings is 1. The molecule has 2 aliphatic rings. The van der Waals surface area contributed by atoms with Gasteiger partial charge in [-0.3, -0.25) is 19.0 Å². The average molecular weight is 612 g/mol. The average Bonchev–Trinajstić information content (AvgIpc) is 3.42. The van der Waals surface area contributed by atoms with E-state index < -0.39 is 11.6 Å². The number of nitrogens with zero attached hydrogens (tertiary/aromatic N) is 3. The van der Waals surface area contributed by atoms with Crippen molar-refractivity contribution in [1.29, 1.82) is 0 Å². The van der Waals surface area contributed by atoms with Crippen molar-refractivity contribution in [2.45, 2.75) is 26.8 Å². The molecule has 0 fully saturated rings. The Balaban J connectivity index is 1.86. The van der Waals surface area contributed by atoms with Crippen molar-refractivity contribution in [1.82, 2.24) is 9.47 Å². The van der Waals surface area contributed by atoms with Gasteiger partial charge in [0.05, 0.1) is 31.1 Å². The molecule has 3 aromatic rings. The first kappa shape index (κ1) is 26.9. The van der Waals surface area contributed by atoms with Crippen molar-refractivity contribution in [3.05, 3.63) is 83.0 Å². The number of hydrogen-bond acceptors (Lipinski definition) is 7. The van der Waals surface area contributed by atoms with Crippen LogP contribution in [0.4, 0.5) is 5.69 Å². The lowest BCUT2D eigenvalue weighted by Crippen LogP contribution is -2.43. The molecular weight excluding hydrogens is 584 g/mol. The van der Waals surface area contributed by atoms with Gasteiger partial charge in [-0.05, 0) is 57.2 Å². The molecule has 0 saturated carbocycles. The highest BCUT2D eigenvalue weighted by molar-refractivity contribution is 9.10. The molecular formula is C28H27BrN4O5S. The van der Waals surface area contributed by atoms with Crippen molar-refractivity contribution in [3.63, 3.8) is 0 Å². The number of aromatic nitrogens is 1. The van der Waals surface area contributed by atoms with E-state index in [1.54, 1.807) is 43.2 Å². The fraction of sp³-hybridized carbons (Fsp3) is 0.286. The number of ether oxygens (including phenoxy) is 2. The number of rotatable bonds is 6. The van der Waals surface area contributed by atoms with Gasteiger partial charge in [-0.2, -0.15) is 0 Å². The van der Waals surface area contributed by atoms with Crippen molar-refractivity contribution in [2.75, 3.05) is 32.6 Å². The summed E-state index contributed by atoms with van der Waals surface area (Å²) >= 11 is 4.59. The molecule has 39 heavy (non-hydrogen) atoms. The van der Waals surface area contributed by atoms with Gasteiger partial charge in [0.2, 0.25) is 0 Å². The Morgan fingerprint density at radius 2 is 1.87 bits per heavy atom. The van der Waals surface area contributed by atoms with Crippen LogP contribution in [0.15, 0.2) is 61.9 Å². The Labute approximate surface area is 237 Å². The van der Waals surface area contributed by atoms with Crippen LogP contribution in [-0.2, 0) is 9.59 Å². The number of amides is 2. The standard InChI is InChI=1S/C28H27BrN4O5S/c1-6-32(7-2)26(35)21-14(3)30-28-33(23(21)18-13-16(37-4)9-11-20(18)38-5)27(36)24(39-28)22-17-12-15(29)8-10-19(17)31-25(22)34/h8-13,23H,6-7H2,1-5H3,(H,31,34)/b24-22+/t23-/m1/s1. The number of halogens is 1. The lowest BCUT2D eigenvalue weighted by molar-refractivity contribution is -0.127. The van der Waals surface area contributed by atoms with E-state index in [1.165, 1.54) is 11.7 Å². The summed E-state index contributed by atoms with van der Waals surface area (Å²) in [6.45, 7) is 6.57. The number of benzene rings is 2. The van der Waals surface area contributed by atoms with E-state index in [0.717, 1.165) is 15.8 Å². The van der Waals surface area contributed by atoms with Gasteiger partial charge in [0.25, 0.3) is 17.4 Å². The Morgan fingerprint density at radius 1 is 1.13 bits per heavy atom. The number of hydrogen-bond donors (Lipinski definition) is 1. The highest BCUT2D eigenvalue weighted by Crippen LogP contribution is 2.38. The van der Waals surface area contributed by atoms with E-state index in [9.17, 15) is 14.4 Å². The molecule has 2 aromatic carbocycles. The summed E-state index contributed by atoms with van der Waals surface area (Å²) in [5, 5.41) is 2.85. The lowest BCUT2D eigenvalue weighted by atomic mass is 9.93. The number of anilines is 1. The Kier molecular flexibility index (Phi) is 7.21. The van der Waals surface area contributed by atoms with Crippen LogP contribution in [0.1, 0.15) is 37.9 Å². The molecule has 2 aliphatic heterocycles. The van der Waals surface area contributed by atoms with Crippen molar-refractivity contribution < 1.29 is 19.1 Å². The third-order valence-corrected chi connectivity index (χ3v) is 8.51. The molecule has 11 heteroatoms. The number of allylic oxidation sites excluding steroid dienone is 1. The lowest BCUT2D eigenvalue weighted by Gasteiger charge is -2.30. The SMILES string of the molecule is CCN(CC)C(=O)C1=C(C)N=c2s/c(=C3/C(=O)Nc4ccc(Br)cc43)c(=O)n2[C@@H]1c1cc(OC)ccc1OC. The zero-order valence-electron chi connectivity index (χ0n) is 22.1. The van der Waals surface area contributed by atoms with Crippen molar-refractivity contribution >= 4 is 50.3 Å². The molecule has 1 atom stereocenters. The zero-order chi connectivity index (χ0) is 28.0. The summed E-state index contributed by atoms with van der Waals surface area (Å²) in [5.41, 5.74) is 2.58. The topological polar surface area (TPSA) is 102 Å². The summed E-state index contributed by atoms with van der Waals surface area (Å²) in [6, 6.07) is 9.86. The molecule has 0 aliphatic carbocycles. The van der Waals surface area contributed by atoms with Crippen molar-refractivity contribution in [2.24, 2.45) is 4.99 Å². The first-order valence-electron chi connectivity index (χ1n) is 12.4. The third-order valence-electron chi connectivity index (χ3n) is 6.96. The van der Waals surface area contributed by atoms with Gasteiger partial charge in [0, 0.05) is 34.4 Å². The van der Waals surface area contributed by atoms with E-state index in [1.807, 2.05) is 26.0 Å². The maximum absolute atomic E-state index is 14.2. The molecule has 9 nitrogen and oxygen atoms in total. The summed E-state index contributed by atoms with van der Waals surface area (Å²) < 4.78 is 13.7. The van der Waals surface area contributed by atoms with Crippen LogP contribution in [0.25, 0.3) is 5.57 Å². The maximum atomic E-state index is 14.2. The summed E-state index contributed by atoms with van der Waals surface area (Å²) in [5.74, 6) is 0.460. The molecule has 0 radical (unpaired) electrons. The molecule has 3 heterocycles. The van der Waals surface area contributed by atoms with E-state index >= 15 is 0 Å². The van der Waals surface area contributed by atoms with E-state index in [2.05, 4.69) is 21.2 Å². The second kappa shape index (κ2) is 10.5. The molecule has 1 aromatic heterocycles. The predicted molar refractivity (Wildman–Crippen MR) is 153 cm³/mol. The minimum Gasteiger partial charge on any atom is -0.497 e. The predicted octanol–water partition coefficient (Wildman–Crippen LogP) is 3.21. The van der Waals surface area contributed by atoms with Gasteiger partial charge in [-0.15, -0.1) is 0 Å². The summed E-state index contributed by atoms with van der Waals surface area (Å²) in [4.78, 5) is 48.0. The van der Waals surface area contributed by atoms with E-state index in [0.29, 0.717) is 57.5 Å². The fourth-order valence-electron chi connectivity index (χ4n) is 5.04. The molecule has 5 rings (SSSR count). The summed E-state index contributed by atoms with van der Waals surface area (Å²) in [6.07, 6.45) is 0. The van der Waals surface area contributed by atoms with E-state index in [4.69, 9.17) is 14.5 Å². The minimum absolute atomic E-state index is 0.220. The Morgan fingerprint density at radius 3 is 2.54 bits per heavy atom. The van der Waals surface area contributed by atoms with Crippen LogP contribution < -0.4 is 29.7 Å². The molecule has 202 valence electrons. The first-order valence-corrected chi connectivity index (χ1v) is 14.0. The highest BCUT2D eigenvalue weighted by atomic mass is 79.9. The molecule has 0 saturated heterocycles. The van der Waals surface area contributed by atoms with Gasteiger partial charge in [-0.1, -0.05) is 27.3 Å². The first-order chi connectivity index (χ1) is 18.7. The quantitative estimate of drug-likeness (QED) is 0.462. The highest BCUT2D eigenvalue weighted by Gasteiger charge is 2.37. The Hall–Kier alpha value is -3.70. The monoisotopic (exact) mass is 610 g/mol. The Bertz CT molecular complexity index is 1740. The zero-order valence-corrected chi connectivity index (χ0v) is 24.5. The van der Waals surface area contributed by atoms with Gasteiger partial charge in [0.15, 0.2) is 4.80 Å². The fourth-order valence-corrected chi connectivity index (χ4v) is 6.54. The van der Waals surface area contributed by atoms with Gasteiger partial charge < -0.3 is 19.7 Å². The van der Waals surface area contributed by atoms with Crippen molar-refractivity contribution in [3.8, 4) is 11.5 Å². The van der Waals surface area contributed by atoms with Crippen LogP contribution in [-0.4, -0.2) is 48.6 Å². The number of methoxy groups -OCH3 is 2. The summed E-state index contributed by atoms with van der Waals surface area (Å²) in [7, 11) is 3.09. The van der Waals surface area contributed by atoms with Crippen LogP contribution in [0.2, 0.25) is 0 Å². The van der Waals surface area contributed by atoms with Crippen LogP contribution in [0.5, 0.6) is 11.5 Å². The van der Waals surface area contributed by atoms with Gasteiger partial charge in [0.1, 0.15) is 22.1 Å². The van der Waals surface area contributed by atoms with E-state index in [-0.39, 0.29) is 21.9 Å². The van der Waals surface area contributed by atoms with Crippen LogP contribution >= 0.6 is 27.3 Å². The number of carbonyl (C=O) groups excluding carboxylic acids is 2.